The van der Waals surface area contributed by atoms with Crippen LogP contribution in [0.1, 0.15) is 25.7 Å². The molecule has 30 heavy (non-hydrogen) atoms. The quantitative estimate of drug-likeness (QED) is 0.0990. The first-order valence-corrected chi connectivity index (χ1v) is 9.27. The molecular weight excluding hydrogens is 392 g/mol. The van der Waals surface area contributed by atoms with E-state index in [2.05, 4.69) is 20.0 Å². The molecule has 0 aromatic heterocycles. The van der Waals surface area contributed by atoms with Crippen molar-refractivity contribution in [1.29, 1.82) is 0 Å². The summed E-state index contributed by atoms with van der Waals surface area (Å²) in [6.45, 7) is 0.637. The smallest absolute Gasteiger partial charge is 0.328 e. The zero-order valence-electron chi connectivity index (χ0n) is 16.5. The molecule has 0 spiro atoms. The average Bonchev–Trinajstić information content (AvgIpc) is 2.67. The predicted octanol–water partition coefficient (Wildman–Crippen LogP) is -0.992. The lowest BCUT2D eigenvalue weighted by atomic mass is 10.1. The van der Waals surface area contributed by atoms with Crippen LogP contribution in [0.3, 0.4) is 0 Å². The fraction of sp³-hybridized carbons (Fsp3) is 0.444. The van der Waals surface area contributed by atoms with E-state index in [4.69, 9.17) is 22.9 Å². The largest absolute Gasteiger partial charge is 0.480 e. The van der Waals surface area contributed by atoms with E-state index in [1.54, 1.807) is 24.3 Å². The normalized spacial score (nSPS) is 14.5. The number of nitrogens with two attached hydrogens (primary N) is 4. The number of rotatable bonds is 12. The Hall–Kier alpha value is -3.70. The van der Waals surface area contributed by atoms with Crippen LogP contribution >= 0.6 is 0 Å². The third-order valence-corrected chi connectivity index (χ3v) is 3.89. The van der Waals surface area contributed by atoms with Gasteiger partial charge in [-0.1, -0.05) is 0 Å². The SMILES string of the molecule is NC(N)=NCCCC(N=C1C=CC(=NC(CCCN=C(N)N)C(=O)O)C=C1)C(=O)O. The minimum atomic E-state index is -1.06. The van der Waals surface area contributed by atoms with Gasteiger partial charge in [0.15, 0.2) is 11.9 Å². The van der Waals surface area contributed by atoms with Crippen LogP contribution in [-0.4, -0.2) is 70.7 Å². The van der Waals surface area contributed by atoms with Crippen LogP contribution in [0.5, 0.6) is 0 Å². The Morgan fingerprint density at radius 2 is 1.07 bits per heavy atom. The topological polar surface area (TPSA) is 228 Å². The van der Waals surface area contributed by atoms with Gasteiger partial charge in [-0.15, -0.1) is 0 Å². The van der Waals surface area contributed by atoms with Crippen molar-refractivity contribution >= 4 is 35.3 Å². The van der Waals surface area contributed by atoms with Crippen LogP contribution in [-0.2, 0) is 9.59 Å². The fourth-order valence-electron chi connectivity index (χ4n) is 2.46. The molecule has 10 N–H and O–H groups in total. The molecule has 0 radical (unpaired) electrons. The Kier molecular flexibility index (Phi) is 10.3. The summed E-state index contributed by atoms with van der Waals surface area (Å²) in [5, 5.41) is 18.7. The second-order valence-electron chi connectivity index (χ2n) is 6.38. The number of carboxylic acid groups (broad SMARTS) is 2. The second-order valence-corrected chi connectivity index (χ2v) is 6.38. The van der Waals surface area contributed by atoms with Gasteiger partial charge in [-0.05, 0) is 50.0 Å². The van der Waals surface area contributed by atoms with Crippen molar-refractivity contribution in [2.45, 2.75) is 37.8 Å². The van der Waals surface area contributed by atoms with Gasteiger partial charge in [-0.2, -0.15) is 0 Å². The van der Waals surface area contributed by atoms with Gasteiger partial charge in [0.2, 0.25) is 0 Å². The molecule has 1 aliphatic rings. The maximum atomic E-state index is 11.4. The van der Waals surface area contributed by atoms with Crippen molar-refractivity contribution in [3.63, 3.8) is 0 Å². The molecular formula is C18H28N8O4. The highest BCUT2D eigenvalue weighted by Crippen LogP contribution is 2.09. The van der Waals surface area contributed by atoms with Crippen LogP contribution in [0.15, 0.2) is 44.3 Å². The van der Waals surface area contributed by atoms with E-state index < -0.39 is 24.0 Å². The monoisotopic (exact) mass is 420 g/mol. The van der Waals surface area contributed by atoms with E-state index in [0.29, 0.717) is 37.4 Å². The van der Waals surface area contributed by atoms with Gasteiger partial charge in [-0.25, -0.2) is 9.59 Å². The number of hydrogen-bond acceptors (Lipinski definition) is 6. The van der Waals surface area contributed by atoms with Crippen molar-refractivity contribution in [2.24, 2.45) is 42.9 Å². The van der Waals surface area contributed by atoms with E-state index >= 15 is 0 Å². The molecule has 0 aromatic carbocycles. The van der Waals surface area contributed by atoms with Crippen molar-refractivity contribution < 1.29 is 19.8 Å². The summed E-state index contributed by atoms with van der Waals surface area (Å²) < 4.78 is 0. The Bertz CT molecular complexity index is 708. The third-order valence-electron chi connectivity index (χ3n) is 3.89. The maximum absolute atomic E-state index is 11.4. The summed E-state index contributed by atoms with van der Waals surface area (Å²) in [6.07, 6.45) is 7.82. The van der Waals surface area contributed by atoms with Gasteiger partial charge in [0, 0.05) is 13.1 Å². The molecule has 0 fully saturated rings. The number of guanidine groups is 2. The van der Waals surface area contributed by atoms with Crippen molar-refractivity contribution in [2.75, 3.05) is 13.1 Å². The average molecular weight is 420 g/mol. The van der Waals surface area contributed by atoms with E-state index in [-0.39, 0.29) is 24.8 Å². The van der Waals surface area contributed by atoms with Crippen molar-refractivity contribution in [1.82, 2.24) is 0 Å². The molecule has 0 aliphatic heterocycles. The first-order valence-electron chi connectivity index (χ1n) is 9.27. The number of carboxylic acids is 2. The van der Waals surface area contributed by atoms with Crippen molar-refractivity contribution in [3.8, 4) is 0 Å². The van der Waals surface area contributed by atoms with E-state index in [1.165, 1.54) is 0 Å². The molecule has 0 amide bonds. The molecule has 0 aromatic rings. The molecule has 0 bridgehead atoms. The highest BCUT2D eigenvalue weighted by Gasteiger charge is 2.18. The van der Waals surface area contributed by atoms with Crippen LogP contribution in [0, 0.1) is 0 Å². The van der Waals surface area contributed by atoms with Gasteiger partial charge in [0.25, 0.3) is 0 Å². The molecule has 0 saturated carbocycles. The molecule has 12 heteroatoms. The number of carbonyl (C=O) groups is 2. The van der Waals surface area contributed by atoms with Crippen LogP contribution in [0.4, 0.5) is 0 Å². The lowest BCUT2D eigenvalue weighted by molar-refractivity contribution is -0.139. The minimum Gasteiger partial charge on any atom is -0.480 e. The molecule has 1 aliphatic carbocycles. The number of aliphatic carboxylic acids is 2. The van der Waals surface area contributed by atoms with Crippen LogP contribution < -0.4 is 22.9 Å². The van der Waals surface area contributed by atoms with Crippen LogP contribution in [0.2, 0.25) is 0 Å². The molecule has 0 saturated heterocycles. The highest BCUT2D eigenvalue weighted by molar-refractivity contribution is 6.19. The van der Waals surface area contributed by atoms with Gasteiger partial charge in [-0.3, -0.25) is 20.0 Å². The molecule has 0 heterocycles. The van der Waals surface area contributed by atoms with E-state index in [1.807, 2.05) is 0 Å². The summed E-state index contributed by atoms with van der Waals surface area (Å²) >= 11 is 0. The predicted molar refractivity (Wildman–Crippen MR) is 116 cm³/mol. The number of allylic oxidation sites excluding steroid dienone is 4. The second kappa shape index (κ2) is 12.7. The first kappa shape index (κ1) is 24.3. The van der Waals surface area contributed by atoms with Crippen LogP contribution in [0.25, 0.3) is 0 Å². The fourth-order valence-corrected chi connectivity index (χ4v) is 2.46. The lowest BCUT2D eigenvalue weighted by Crippen LogP contribution is -2.24. The first-order chi connectivity index (χ1) is 14.2. The van der Waals surface area contributed by atoms with Crippen molar-refractivity contribution in [3.05, 3.63) is 24.3 Å². The number of aliphatic imine (C=N–C) groups is 4. The summed E-state index contributed by atoms with van der Waals surface area (Å²) in [7, 11) is 0. The number of hydrogen-bond donors (Lipinski definition) is 6. The molecule has 2 unspecified atom stereocenters. The standard InChI is InChI=1S/C18H28N8O4/c19-17(20)23-9-1-3-13(15(27)28)25-11-5-7-12(8-6-11)26-14(16(29)30)4-2-10-24-18(21)22/h5-8,13-14H,1-4,9-10H2,(H,27,28)(H,29,30)(H4,19,20,23)(H4,21,22,24). The zero-order chi connectivity index (χ0) is 22.5. The third kappa shape index (κ3) is 10.0. The Morgan fingerprint density at radius 1 is 0.733 bits per heavy atom. The Labute approximate surface area is 173 Å². The molecule has 164 valence electrons. The molecule has 2 atom stereocenters. The Morgan fingerprint density at radius 3 is 1.33 bits per heavy atom. The summed E-state index contributed by atoms with van der Waals surface area (Å²) in [4.78, 5) is 38.8. The minimum absolute atomic E-state index is 0.0472. The number of nitrogens with zero attached hydrogens (tertiary/aromatic N) is 4. The van der Waals surface area contributed by atoms with E-state index in [9.17, 15) is 19.8 Å². The Balaban J connectivity index is 2.73. The summed E-state index contributed by atoms with van der Waals surface area (Å²) in [6, 6.07) is -1.88. The molecule has 1 rings (SSSR count). The van der Waals surface area contributed by atoms with Gasteiger partial charge in [0.05, 0.1) is 11.4 Å². The summed E-state index contributed by atoms with van der Waals surface area (Å²) in [5.41, 5.74) is 21.8. The zero-order valence-corrected chi connectivity index (χ0v) is 16.5. The van der Waals surface area contributed by atoms with Gasteiger partial charge < -0.3 is 33.1 Å². The lowest BCUT2D eigenvalue weighted by Gasteiger charge is -2.11. The van der Waals surface area contributed by atoms with Gasteiger partial charge in [0.1, 0.15) is 12.1 Å². The van der Waals surface area contributed by atoms with E-state index in [0.717, 1.165) is 0 Å². The summed E-state index contributed by atoms with van der Waals surface area (Å²) in [5.74, 6) is -2.21. The maximum Gasteiger partial charge on any atom is 0.328 e. The highest BCUT2D eigenvalue weighted by atomic mass is 16.4. The molecule has 12 nitrogen and oxygen atoms in total. The van der Waals surface area contributed by atoms with Gasteiger partial charge >= 0.3 is 11.9 Å².